The van der Waals surface area contributed by atoms with Crippen LogP contribution in [0.2, 0.25) is 0 Å². The maximum atomic E-state index is 13.5. The molecule has 2 aromatic carbocycles. The molecule has 1 fully saturated rings. The quantitative estimate of drug-likeness (QED) is 0.340. The van der Waals surface area contributed by atoms with Crippen molar-refractivity contribution in [3.05, 3.63) is 83.7 Å². The molecule has 3 nitrogen and oxygen atoms in total. The van der Waals surface area contributed by atoms with Gasteiger partial charge in [-0.1, -0.05) is 50.1 Å². The van der Waals surface area contributed by atoms with Gasteiger partial charge in [-0.3, -0.25) is 4.79 Å². The van der Waals surface area contributed by atoms with E-state index in [0.717, 1.165) is 65.5 Å². The zero-order valence-electron chi connectivity index (χ0n) is 20.6. The molecule has 0 bridgehead atoms. The first-order valence-electron chi connectivity index (χ1n) is 12.6. The summed E-state index contributed by atoms with van der Waals surface area (Å²) in [7, 11) is 0. The molecule has 0 saturated heterocycles. The van der Waals surface area contributed by atoms with Gasteiger partial charge in [0, 0.05) is 23.4 Å². The highest BCUT2D eigenvalue weighted by atomic mass is 19.4. The first kappa shape index (κ1) is 25.8. The SMILES string of the molecule is C=C(C)c1c(-c2cccc(C(F)(F)F)c2)cc(C2CCCCC2)n1-c1ccc(CCCC(=O)O)cc1. The number of halogens is 3. The summed E-state index contributed by atoms with van der Waals surface area (Å²) in [5, 5.41) is 8.91. The molecule has 6 heteroatoms. The largest absolute Gasteiger partial charge is 0.481 e. The van der Waals surface area contributed by atoms with Crippen LogP contribution in [0, 0.1) is 0 Å². The number of aliphatic carboxylic acids is 1. The van der Waals surface area contributed by atoms with Gasteiger partial charge in [-0.2, -0.15) is 13.2 Å². The van der Waals surface area contributed by atoms with E-state index in [0.29, 0.717) is 24.3 Å². The minimum atomic E-state index is -4.41. The van der Waals surface area contributed by atoms with E-state index in [-0.39, 0.29) is 6.42 Å². The molecule has 190 valence electrons. The van der Waals surface area contributed by atoms with Gasteiger partial charge < -0.3 is 9.67 Å². The van der Waals surface area contributed by atoms with Crippen molar-refractivity contribution in [3.8, 4) is 16.8 Å². The maximum absolute atomic E-state index is 13.5. The maximum Gasteiger partial charge on any atom is 0.416 e. The van der Waals surface area contributed by atoms with Gasteiger partial charge in [0.05, 0.1) is 11.3 Å². The number of alkyl halides is 3. The van der Waals surface area contributed by atoms with Crippen LogP contribution in [0.1, 0.15) is 80.3 Å². The Morgan fingerprint density at radius 1 is 1.06 bits per heavy atom. The smallest absolute Gasteiger partial charge is 0.416 e. The Balaban J connectivity index is 1.82. The summed E-state index contributed by atoms with van der Waals surface area (Å²) < 4.78 is 42.7. The summed E-state index contributed by atoms with van der Waals surface area (Å²) in [6.45, 7) is 6.10. The fraction of sp³-hybridized carbons (Fsp3) is 0.367. The Kier molecular flexibility index (Phi) is 7.72. The normalized spacial score (nSPS) is 14.7. The van der Waals surface area contributed by atoms with Crippen LogP contribution < -0.4 is 0 Å². The van der Waals surface area contributed by atoms with Gasteiger partial charge >= 0.3 is 12.1 Å². The lowest BCUT2D eigenvalue weighted by Gasteiger charge is -2.24. The summed E-state index contributed by atoms with van der Waals surface area (Å²) in [5.74, 6) is -0.476. The van der Waals surface area contributed by atoms with Crippen molar-refractivity contribution in [2.45, 2.75) is 70.4 Å². The predicted octanol–water partition coefficient (Wildman–Crippen LogP) is 8.65. The molecule has 1 aromatic heterocycles. The van der Waals surface area contributed by atoms with Crippen molar-refractivity contribution in [1.29, 1.82) is 0 Å². The molecule has 0 atom stereocenters. The highest BCUT2D eigenvalue weighted by Crippen LogP contribution is 2.42. The van der Waals surface area contributed by atoms with Crippen molar-refractivity contribution in [1.82, 2.24) is 4.57 Å². The highest BCUT2D eigenvalue weighted by Gasteiger charge is 2.31. The second-order valence-electron chi connectivity index (χ2n) is 9.77. The Morgan fingerprint density at radius 3 is 2.36 bits per heavy atom. The molecule has 36 heavy (non-hydrogen) atoms. The van der Waals surface area contributed by atoms with E-state index in [1.807, 2.05) is 31.2 Å². The second kappa shape index (κ2) is 10.8. The minimum absolute atomic E-state index is 0.130. The third kappa shape index (κ3) is 5.75. The lowest BCUT2D eigenvalue weighted by Crippen LogP contribution is -2.11. The molecular weight excluding hydrogens is 463 g/mol. The van der Waals surface area contributed by atoms with Crippen LogP contribution >= 0.6 is 0 Å². The van der Waals surface area contributed by atoms with E-state index in [1.165, 1.54) is 18.6 Å². The fourth-order valence-corrected chi connectivity index (χ4v) is 5.27. The van der Waals surface area contributed by atoms with Crippen molar-refractivity contribution >= 4 is 11.5 Å². The van der Waals surface area contributed by atoms with E-state index in [4.69, 9.17) is 5.11 Å². The lowest BCUT2D eigenvalue weighted by atomic mass is 9.86. The summed E-state index contributed by atoms with van der Waals surface area (Å²) in [6.07, 6.45) is 2.55. The zero-order valence-corrected chi connectivity index (χ0v) is 20.6. The molecule has 4 rings (SSSR count). The van der Waals surface area contributed by atoms with Crippen LogP contribution in [0.25, 0.3) is 22.4 Å². The minimum Gasteiger partial charge on any atom is -0.481 e. The number of hydrogen-bond acceptors (Lipinski definition) is 1. The van der Waals surface area contributed by atoms with Crippen LogP contribution in [0.15, 0.2) is 61.2 Å². The summed E-state index contributed by atoms with van der Waals surface area (Å²) in [4.78, 5) is 10.8. The Hall–Kier alpha value is -3.28. The van der Waals surface area contributed by atoms with Gasteiger partial charge in [-0.05, 0) is 85.6 Å². The molecule has 1 aliphatic rings. The number of aromatic nitrogens is 1. The first-order valence-corrected chi connectivity index (χ1v) is 12.6. The predicted molar refractivity (Wildman–Crippen MR) is 137 cm³/mol. The third-order valence-corrected chi connectivity index (χ3v) is 7.01. The van der Waals surface area contributed by atoms with E-state index >= 15 is 0 Å². The Morgan fingerprint density at radius 2 is 1.75 bits per heavy atom. The van der Waals surface area contributed by atoms with Gasteiger partial charge in [0.25, 0.3) is 0 Å². The summed E-state index contributed by atoms with van der Waals surface area (Å²) in [5.41, 5.74) is 5.35. The monoisotopic (exact) mass is 495 g/mol. The first-order chi connectivity index (χ1) is 17.1. The topological polar surface area (TPSA) is 42.2 Å². The number of allylic oxidation sites excluding steroid dienone is 1. The van der Waals surface area contributed by atoms with Crippen LogP contribution in [0.5, 0.6) is 0 Å². The number of rotatable bonds is 8. The molecule has 3 aromatic rings. The number of carbonyl (C=O) groups is 1. The molecule has 1 aliphatic carbocycles. The third-order valence-electron chi connectivity index (χ3n) is 7.01. The van der Waals surface area contributed by atoms with E-state index in [9.17, 15) is 18.0 Å². The van der Waals surface area contributed by atoms with Gasteiger partial charge in [0.1, 0.15) is 0 Å². The second-order valence-corrected chi connectivity index (χ2v) is 9.77. The molecule has 1 N–H and O–H groups in total. The summed E-state index contributed by atoms with van der Waals surface area (Å²) in [6, 6.07) is 15.6. The number of aryl methyl sites for hydroxylation is 1. The fourth-order valence-electron chi connectivity index (χ4n) is 5.27. The van der Waals surface area contributed by atoms with E-state index in [2.05, 4.69) is 17.2 Å². The van der Waals surface area contributed by atoms with Crippen LogP contribution in [-0.4, -0.2) is 15.6 Å². The number of benzene rings is 2. The van der Waals surface area contributed by atoms with Crippen LogP contribution in [-0.2, 0) is 17.4 Å². The van der Waals surface area contributed by atoms with Crippen LogP contribution in [0.4, 0.5) is 13.2 Å². The lowest BCUT2D eigenvalue weighted by molar-refractivity contribution is -0.138. The van der Waals surface area contributed by atoms with Gasteiger partial charge in [0.2, 0.25) is 0 Å². The van der Waals surface area contributed by atoms with E-state index < -0.39 is 17.7 Å². The Labute approximate surface area is 210 Å². The van der Waals surface area contributed by atoms with Crippen molar-refractivity contribution in [2.75, 3.05) is 0 Å². The number of nitrogens with zero attached hydrogens (tertiary/aromatic N) is 1. The molecule has 0 spiro atoms. The molecule has 1 heterocycles. The number of hydrogen-bond donors (Lipinski definition) is 1. The molecule has 0 unspecified atom stereocenters. The van der Waals surface area contributed by atoms with Gasteiger partial charge in [-0.15, -0.1) is 0 Å². The highest BCUT2D eigenvalue weighted by molar-refractivity contribution is 5.81. The van der Waals surface area contributed by atoms with Crippen molar-refractivity contribution in [2.24, 2.45) is 0 Å². The molecule has 0 aliphatic heterocycles. The Bertz CT molecular complexity index is 1230. The van der Waals surface area contributed by atoms with Gasteiger partial charge in [0.15, 0.2) is 0 Å². The molecule has 1 saturated carbocycles. The molecular formula is C30H32F3NO2. The van der Waals surface area contributed by atoms with Gasteiger partial charge in [-0.25, -0.2) is 0 Å². The molecule has 0 radical (unpaired) electrons. The van der Waals surface area contributed by atoms with E-state index in [1.54, 1.807) is 6.07 Å². The zero-order chi connectivity index (χ0) is 25.9. The standard InChI is InChI=1S/C30H32F3NO2/c1-20(2)29-26(23-11-7-12-24(18-23)30(31,32)33)19-27(22-9-4-3-5-10-22)34(29)25-16-14-21(15-17-25)8-6-13-28(35)36/h7,11-12,14-19,22H,1,3-6,8-10,13H2,2H3,(H,35,36). The molecule has 0 amide bonds. The average Bonchev–Trinajstić information content (AvgIpc) is 3.25. The van der Waals surface area contributed by atoms with Crippen molar-refractivity contribution < 1.29 is 23.1 Å². The van der Waals surface area contributed by atoms with Crippen LogP contribution in [0.3, 0.4) is 0 Å². The average molecular weight is 496 g/mol. The number of carboxylic acids is 1. The van der Waals surface area contributed by atoms with Crippen molar-refractivity contribution in [3.63, 3.8) is 0 Å². The number of carboxylic acid groups (broad SMARTS) is 1. The summed E-state index contributed by atoms with van der Waals surface area (Å²) >= 11 is 0.